The van der Waals surface area contributed by atoms with Gasteiger partial charge in [-0.1, -0.05) is 45.1 Å². The van der Waals surface area contributed by atoms with Crippen LogP contribution in [0.5, 0.6) is 0 Å². The van der Waals surface area contributed by atoms with E-state index in [2.05, 4.69) is 11.9 Å². The number of fused-ring (bicyclic) bond motifs is 1. The van der Waals surface area contributed by atoms with E-state index in [1.54, 1.807) is 0 Å². The lowest BCUT2D eigenvalue weighted by Crippen LogP contribution is -2.09. The number of nitrogens with one attached hydrogen (secondary N) is 1. The number of aromatic amines is 1. The molecule has 0 saturated heterocycles. The second-order valence-electron chi connectivity index (χ2n) is 5.08. The van der Waals surface area contributed by atoms with Crippen LogP contribution in [0, 0.1) is 0 Å². The van der Waals surface area contributed by atoms with Crippen molar-refractivity contribution in [2.45, 2.75) is 51.5 Å². The highest BCUT2D eigenvalue weighted by atomic mass is 16.4. The Labute approximate surface area is 113 Å². The topological polar surface area (TPSA) is 72.0 Å². The maximum atomic E-state index is 11.1. The molecule has 1 aromatic heterocycles. The highest BCUT2D eigenvalue weighted by Gasteiger charge is 2.08. The first-order valence-electron chi connectivity index (χ1n) is 7.09. The summed E-state index contributed by atoms with van der Waals surface area (Å²) in [6.45, 7) is 2.21. The molecule has 4 nitrogen and oxygen atoms in total. The van der Waals surface area contributed by atoms with Crippen LogP contribution in [0.15, 0.2) is 27.4 Å². The third kappa shape index (κ3) is 3.70. The first-order valence-corrected chi connectivity index (χ1v) is 7.09. The molecule has 0 aliphatic carbocycles. The van der Waals surface area contributed by atoms with Gasteiger partial charge in [0, 0.05) is 6.04 Å². The molecule has 104 valence electrons. The molecule has 0 bridgehead atoms. The molecule has 0 amide bonds. The smallest absolute Gasteiger partial charge is 0.408 e. The Morgan fingerprint density at radius 1 is 1.26 bits per heavy atom. The quantitative estimate of drug-likeness (QED) is 0.750. The van der Waals surface area contributed by atoms with E-state index >= 15 is 0 Å². The van der Waals surface area contributed by atoms with Crippen LogP contribution in [0.4, 0.5) is 0 Å². The van der Waals surface area contributed by atoms with E-state index in [1.807, 2.05) is 18.2 Å². The summed E-state index contributed by atoms with van der Waals surface area (Å²) in [4.78, 5) is 13.7. The molecule has 4 heteroatoms. The van der Waals surface area contributed by atoms with Gasteiger partial charge >= 0.3 is 5.76 Å². The van der Waals surface area contributed by atoms with Crippen LogP contribution >= 0.6 is 0 Å². The van der Waals surface area contributed by atoms with Gasteiger partial charge in [0.25, 0.3) is 0 Å². The van der Waals surface area contributed by atoms with Crippen LogP contribution in [0.2, 0.25) is 0 Å². The molecule has 0 saturated carbocycles. The molecule has 2 rings (SSSR count). The predicted octanol–water partition coefficient (Wildman–Crippen LogP) is 3.48. The molecule has 0 fully saturated rings. The van der Waals surface area contributed by atoms with Gasteiger partial charge in [-0.3, -0.25) is 4.98 Å². The van der Waals surface area contributed by atoms with Gasteiger partial charge in [0.2, 0.25) is 0 Å². The lowest BCUT2D eigenvalue weighted by molar-refractivity contribution is 0.547. The maximum absolute atomic E-state index is 11.1. The van der Waals surface area contributed by atoms with Gasteiger partial charge in [-0.25, -0.2) is 4.79 Å². The number of aromatic nitrogens is 1. The summed E-state index contributed by atoms with van der Waals surface area (Å²) >= 11 is 0. The Balaban J connectivity index is 1.93. The van der Waals surface area contributed by atoms with Crippen molar-refractivity contribution in [1.82, 2.24) is 4.98 Å². The number of nitrogens with two attached hydrogens (primary N) is 1. The van der Waals surface area contributed by atoms with Crippen molar-refractivity contribution in [3.8, 4) is 0 Å². The van der Waals surface area contributed by atoms with E-state index in [1.165, 1.54) is 25.7 Å². The predicted molar refractivity (Wildman–Crippen MR) is 77.1 cm³/mol. The van der Waals surface area contributed by atoms with Gasteiger partial charge in [0.1, 0.15) is 0 Å². The highest BCUT2D eigenvalue weighted by molar-refractivity contribution is 5.72. The van der Waals surface area contributed by atoms with Crippen LogP contribution in [-0.2, 0) is 0 Å². The minimum absolute atomic E-state index is 0.0197. The summed E-state index contributed by atoms with van der Waals surface area (Å²) in [6.07, 6.45) is 7.21. The van der Waals surface area contributed by atoms with Crippen molar-refractivity contribution in [1.29, 1.82) is 0 Å². The fraction of sp³-hybridized carbons (Fsp3) is 0.533. The van der Waals surface area contributed by atoms with Gasteiger partial charge in [0.15, 0.2) is 5.58 Å². The SMILES string of the molecule is CCCCCCCC(N)c1ccc2[nH]c(=O)oc2c1. The fourth-order valence-electron chi connectivity index (χ4n) is 2.33. The van der Waals surface area contributed by atoms with Gasteiger partial charge in [-0.05, 0) is 24.1 Å². The number of oxazole rings is 1. The maximum Gasteiger partial charge on any atom is 0.417 e. The molecule has 2 aromatic rings. The summed E-state index contributed by atoms with van der Waals surface area (Å²) < 4.78 is 5.05. The Bertz CT molecular complexity index is 571. The number of hydrogen-bond acceptors (Lipinski definition) is 3. The second kappa shape index (κ2) is 6.57. The summed E-state index contributed by atoms with van der Waals surface area (Å²) in [5.74, 6) is -0.416. The molecule has 1 unspecified atom stereocenters. The number of H-pyrrole nitrogens is 1. The molecule has 19 heavy (non-hydrogen) atoms. The lowest BCUT2D eigenvalue weighted by atomic mass is 10.0. The van der Waals surface area contributed by atoms with E-state index in [0.29, 0.717) is 5.58 Å². The number of rotatable bonds is 7. The molecular weight excluding hydrogens is 240 g/mol. The summed E-state index contributed by atoms with van der Waals surface area (Å²) in [7, 11) is 0. The van der Waals surface area contributed by atoms with Crippen LogP contribution in [0.1, 0.15) is 57.1 Å². The van der Waals surface area contributed by atoms with Crippen LogP contribution in [0.3, 0.4) is 0 Å². The van der Waals surface area contributed by atoms with Crippen LogP contribution in [0.25, 0.3) is 11.1 Å². The van der Waals surface area contributed by atoms with Crippen molar-refractivity contribution in [2.75, 3.05) is 0 Å². The van der Waals surface area contributed by atoms with E-state index in [9.17, 15) is 4.79 Å². The molecule has 1 atom stereocenters. The van der Waals surface area contributed by atoms with Gasteiger partial charge < -0.3 is 10.2 Å². The van der Waals surface area contributed by atoms with Gasteiger partial charge in [-0.2, -0.15) is 0 Å². The zero-order valence-electron chi connectivity index (χ0n) is 11.4. The third-order valence-corrected chi connectivity index (χ3v) is 3.49. The molecule has 1 aromatic carbocycles. The first kappa shape index (κ1) is 13.9. The highest BCUT2D eigenvalue weighted by Crippen LogP contribution is 2.21. The van der Waals surface area contributed by atoms with E-state index < -0.39 is 5.76 Å². The average molecular weight is 262 g/mol. The average Bonchev–Trinajstić information content (AvgIpc) is 2.77. The monoisotopic (exact) mass is 262 g/mol. The number of unbranched alkanes of at least 4 members (excludes halogenated alkanes) is 4. The summed E-state index contributed by atoms with van der Waals surface area (Å²) in [5.41, 5.74) is 8.52. The molecule has 0 radical (unpaired) electrons. The minimum Gasteiger partial charge on any atom is -0.408 e. The molecule has 0 aliphatic heterocycles. The van der Waals surface area contributed by atoms with Crippen molar-refractivity contribution in [3.05, 3.63) is 34.3 Å². The molecular formula is C15H22N2O2. The summed E-state index contributed by atoms with van der Waals surface area (Å²) in [5, 5.41) is 0. The molecule has 0 aliphatic rings. The van der Waals surface area contributed by atoms with Crippen LogP contribution in [-0.4, -0.2) is 4.98 Å². The zero-order chi connectivity index (χ0) is 13.7. The van der Waals surface area contributed by atoms with E-state index in [0.717, 1.165) is 23.9 Å². The van der Waals surface area contributed by atoms with Crippen molar-refractivity contribution < 1.29 is 4.42 Å². The third-order valence-electron chi connectivity index (χ3n) is 3.49. The molecule has 0 spiro atoms. The van der Waals surface area contributed by atoms with Crippen molar-refractivity contribution in [2.24, 2.45) is 5.73 Å². The van der Waals surface area contributed by atoms with Gasteiger partial charge in [0.05, 0.1) is 5.52 Å². The summed E-state index contributed by atoms with van der Waals surface area (Å²) in [6, 6.07) is 5.70. The van der Waals surface area contributed by atoms with E-state index in [4.69, 9.17) is 10.2 Å². The lowest BCUT2D eigenvalue weighted by Gasteiger charge is -2.11. The number of benzene rings is 1. The fourth-order valence-corrected chi connectivity index (χ4v) is 2.33. The zero-order valence-corrected chi connectivity index (χ0v) is 11.4. The molecule has 3 N–H and O–H groups in total. The normalized spacial score (nSPS) is 12.9. The molecule has 1 heterocycles. The second-order valence-corrected chi connectivity index (χ2v) is 5.08. The number of hydrogen-bond donors (Lipinski definition) is 2. The first-order chi connectivity index (χ1) is 9.20. The minimum atomic E-state index is -0.416. The largest absolute Gasteiger partial charge is 0.417 e. The van der Waals surface area contributed by atoms with Crippen molar-refractivity contribution >= 4 is 11.1 Å². The Hall–Kier alpha value is -1.55. The Kier molecular flexibility index (Phi) is 4.80. The Morgan fingerprint density at radius 3 is 2.84 bits per heavy atom. The van der Waals surface area contributed by atoms with Crippen LogP contribution < -0.4 is 11.5 Å². The Morgan fingerprint density at radius 2 is 2.05 bits per heavy atom. The van der Waals surface area contributed by atoms with Gasteiger partial charge in [-0.15, -0.1) is 0 Å². The van der Waals surface area contributed by atoms with Crippen molar-refractivity contribution in [3.63, 3.8) is 0 Å². The van der Waals surface area contributed by atoms with E-state index in [-0.39, 0.29) is 6.04 Å². The standard InChI is InChI=1S/C15H22N2O2/c1-2-3-4-5-6-7-12(16)11-8-9-13-14(10-11)19-15(18)17-13/h8-10,12H,2-7,16H2,1H3,(H,17,18).